The van der Waals surface area contributed by atoms with Gasteiger partial charge in [0.05, 0.1) is 19.1 Å². The van der Waals surface area contributed by atoms with Crippen molar-refractivity contribution in [2.24, 2.45) is 0 Å². The van der Waals surface area contributed by atoms with Crippen LogP contribution in [-0.2, 0) is 6.42 Å². The van der Waals surface area contributed by atoms with Gasteiger partial charge in [0, 0.05) is 23.7 Å². The highest BCUT2D eigenvalue weighted by Gasteiger charge is 2.17. The highest BCUT2D eigenvalue weighted by Crippen LogP contribution is 2.27. The third kappa shape index (κ3) is 3.15. The predicted molar refractivity (Wildman–Crippen MR) is 72.2 cm³/mol. The molecule has 0 aliphatic rings. The lowest BCUT2D eigenvalue weighted by Crippen LogP contribution is -2.03. The van der Waals surface area contributed by atoms with E-state index in [1.54, 1.807) is 24.7 Å². The van der Waals surface area contributed by atoms with Crippen molar-refractivity contribution in [3.8, 4) is 5.75 Å². The lowest BCUT2D eigenvalue weighted by atomic mass is 10.0. The largest absolute Gasteiger partial charge is 0.492 e. The normalized spacial score (nSPS) is 12.4. The first-order chi connectivity index (χ1) is 9.26. The fourth-order valence-electron chi connectivity index (χ4n) is 1.95. The molecule has 0 fully saturated rings. The van der Waals surface area contributed by atoms with Gasteiger partial charge >= 0.3 is 0 Å². The van der Waals surface area contributed by atoms with E-state index in [9.17, 15) is 5.11 Å². The standard InChI is InChI=1S/C15H19NO3/c1-3-6-18-12-8-11(9-16-10-12)15(17)13-5-7-19-14(13)4-2/h5,7-10,15,17H,3-4,6H2,1-2H3. The molecule has 1 atom stereocenters. The number of aryl methyl sites for hydroxylation is 1. The summed E-state index contributed by atoms with van der Waals surface area (Å²) in [5, 5.41) is 10.4. The molecule has 0 aliphatic carbocycles. The van der Waals surface area contributed by atoms with Gasteiger partial charge in [0.1, 0.15) is 17.6 Å². The van der Waals surface area contributed by atoms with Crippen LogP contribution in [0.2, 0.25) is 0 Å². The van der Waals surface area contributed by atoms with Crippen LogP contribution in [-0.4, -0.2) is 16.7 Å². The quantitative estimate of drug-likeness (QED) is 0.868. The maximum Gasteiger partial charge on any atom is 0.137 e. The summed E-state index contributed by atoms with van der Waals surface area (Å²) in [6.45, 7) is 4.69. The van der Waals surface area contributed by atoms with Crippen molar-refractivity contribution < 1.29 is 14.3 Å². The van der Waals surface area contributed by atoms with Gasteiger partial charge in [-0.15, -0.1) is 0 Å². The number of hydrogen-bond donors (Lipinski definition) is 1. The van der Waals surface area contributed by atoms with Crippen LogP contribution in [0.15, 0.2) is 35.2 Å². The predicted octanol–water partition coefficient (Wildman–Crippen LogP) is 3.11. The number of pyridine rings is 1. The Kier molecular flexibility index (Phi) is 4.58. The van der Waals surface area contributed by atoms with Crippen molar-refractivity contribution in [2.45, 2.75) is 32.8 Å². The molecular formula is C15H19NO3. The molecule has 0 saturated heterocycles. The van der Waals surface area contributed by atoms with Crippen LogP contribution in [0, 0.1) is 0 Å². The van der Waals surface area contributed by atoms with E-state index < -0.39 is 6.10 Å². The zero-order valence-electron chi connectivity index (χ0n) is 11.3. The van der Waals surface area contributed by atoms with Gasteiger partial charge in [0.2, 0.25) is 0 Å². The summed E-state index contributed by atoms with van der Waals surface area (Å²) in [4.78, 5) is 4.11. The molecule has 0 saturated carbocycles. The molecule has 0 aromatic carbocycles. The molecule has 0 spiro atoms. The first-order valence-electron chi connectivity index (χ1n) is 6.58. The summed E-state index contributed by atoms with van der Waals surface area (Å²) >= 11 is 0. The highest BCUT2D eigenvalue weighted by atomic mass is 16.5. The summed E-state index contributed by atoms with van der Waals surface area (Å²) in [7, 11) is 0. The van der Waals surface area contributed by atoms with Crippen molar-refractivity contribution in [3.05, 3.63) is 47.7 Å². The summed E-state index contributed by atoms with van der Waals surface area (Å²) in [5.74, 6) is 1.48. The smallest absolute Gasteiger partial charge is 0.137 e. The number of nitrogens with zero attached hydrogens (tertiary/aromatic N) is 1. The van der Waals surface area contributed by atoms with Crippen molar-refractivity contribution in [3.63, 3.8) is 0 Å². The molecule has 102 valence electrons. The average molecular weight is 261 g/mol. The van der Waals surface area contributed by atoms with Gasteiger partial charge in [0.15, 0.2) is 0 Å². The van der Waals surface area contributed by atoms with Crippen LogP contribution in [0.5, 0.6) is 5.75 Å². The number of hydrogen-bond acceptors (Lipinski definition) is 4. The number of aromatic nitrogens is 1. The van der Waals surface area contributed by atoms with E-state index in [0.717, 1.165) is 24.2 Å². The van der Waals surface area contributed by atoms with E-state index in [0.29, 0.717) is 17.9 Å². The summed E-state index contributed by atoms with van der Waals surface area (Å²) in [6, 6.07) is 3.61. The zero-order chi connectivity index (χ0) is 13.7. The monoisotopic (exact) mass is 261 g/mol. The number of aliphatic hydroxyl groups is 1. The Morgan fingerprint density at radius 3 is 2.95 bits per heavy atom. The molecule has 0 aliphatic heterocycles. The second kappa shape index (κ2) is 6.38. The van der Waals surface area contributed by atoms with Crippen LogP contribution in [0.25, 0.3) is 0 Å². The molecule has 0 bridgehead atoms. The topological polar surface area (TPSA) is 55.5 Å². The molecule has 2 aromatic heterocycles. The van der Waals surface area contributed by atoms with E-state index in [4.69, 9.17) is 9.15 Å². The van der Waals surface area contributed by atoms with Crippen molar-refractivity contribution >= 4 is 0 Å². The van der Waals surface area contributed by atoms with Gasteiger partial charge in [0.25, 0.3) is 0 Å². The van der Waals surface area contributed by atoms with E-state index >= 15 is 0 Å². The van der Waals surface area contributed by atoms with Gasteiger partial charge in [-0.2, -0.15) is 0 Å². The second-order valence-corrected chi connectivity index (χ2v) is 4.36. The summed E-state index contributed by atoms with van der Waals surface area (Å²) < 4.78 is 10.9. The number of furan rings is 1. The Hall–Kier alpha value is -1.81. The average Bonchev–Trinajstić information content (AvgIpc) is 2.93. The van der Waals surface area contributed by atoms with Gasteiger partial charge in [-0.1, -0.05) is 13.8 Å². The minimum atomic E-state index is -0.730. The van der Waals surface area contributed by atoms with Crippen LogP contribution in [0.4, 0.5) is 0 Å². The maximum atomic E-state index is 10.4. The van der Waals surface area contributed by atoms with Gasteiger partial charge in [-0.25, -0.2) is 0 Å². The van der Waals surface area contributed by atoms with Gasteiger partial charge in [-0.3, -0.25) is 4.98 Å². The molecule has 1 N–H and O–H groups in total. The van der Waals surface area contributed by atoms with E-state index in [2.05, 4.69) is 4.98 Å². The fraction of sp³-hybridized carbons (Fsp3) is 0.400. The lowest BCUT2D eigenvalue weighted by Gasteiger charge is -2.12. The fourth-order valence-corrected chi connectivity index (χ4v) is 1.95. The number of aliphatic hydroxyl groups excluding tert-OH is 1. The summed E-state index contributed by atoms with van der Waals surface area (Å²) in [6.07, 6.45) is 5.86. The molecule has 19 heavy (non-hydrogen) atoms. The molecule has 0 radical (unpaired) electrons. The van der Waals surface area contributed by atoms with Crippen LogP contribution >= 0.6 is 0 Å². The van der Waals surface area contributed by atoms with Gasteiger partial charge in [-0.05, 0) is 18.6 Å². The van der Waals surface area contributed by atoms with E-state index in [1.807, 2.05) is 19.9 Å². The molecule has 2 heterocycles. The second-order valence-electron chi connectivity index (χ2n) is 4.36. The first-order valence-corrected chi connectivity index (χ1v) is 6.58. The Morgan fingerprint density at radius 1 is 1.37 bits per heavy atom. The van der Waals surface area contributed by atoms with Crippen molar-refractivity contribution in [1.82, 2.24) is 4.98 Å². The van der Waals surface area contributed by atoms with E-state index in [1.165, 1.54) is 0 Å². The van der Waals surface area contributed by atoms with Crippen LogP contribution in [0.1, 0.15) is 43.3 Å². The summed E-state index contributed by atoms with van der Waals surface area (Å²) in [5.41, 5.74) is 1.50. The third-order valence-corrected chi connectivity index (χ3v) is 2.92. The zero-order valence-corrected chi connectivity index (χ0v) is 11.3. The Balaban J connectivity index is 2.21. The molecule has 2 aromatic rings. The Labute approximate surface area is 113 Å². The van der Waals surface area contributed by atoms with Gasteiger partial charge < -0.3 is 14.3 Å². The Morgan fingerprint density at radius 2 is 2.21 bits per heavy atom. The molecule has 4 heteroatoms. The van der Waals surface area contributed by atoms with Crippen molar-refractivity contribution in [1.29, 1.82) is 0 Å². The van der Waals surface area contributed by atoms with Crippen molar-refractivity contribution in [2.75, 3.05) is 6.61 Å². The molecule has 4 nitrogen and oxygen atoms in total. The molecule has 1 unspecified atom stereocenters. The minimum absolute atomic E-state index is 0.646. The lowest BCUT2D eigenvalue weighted by molar-refractivity contribution is 0.216. The SMILES string of the molecule is CCCOc1cncc(C(O)c2ccoc2CC)c1. The number of rotatable bonds is 6. The Bertz CT molecular complexity index is 522. The molecular weight excluding hydrogens is 242 g/mol. The molecule has 2 rings (SSSR count). The maximum absolute atomic E-state index is 10.4. The highest BCUT2D eigenvalue weighted by molar-refractivity contribution is 5.33. The molecule has 0 amide bonds. The van der Waals surface area contributed by atoms with E-state index in [-0.39, 0.29) is 0 Å². The van der Waals surface area contributed by atoms with Crippen LogP contribution in [0.3, 0.4) is 0 Å². The number of ether oxygens (including phenoxy) is 1. The first kappa shape index (κ1) is 13.6. The third-order valence-electron chi connectivity index (χ3n) is 2.92. The van der Waals surface area contributed by atoms with Crippen LogP contribution < -0.4 is 4.74 Å². The minimum Gasteiger partial charge on any atom is -0.492 e.